The van der Waals surface area contributed by atoms with E-state index in [2.05, 4.69) is 36.6 Å². The van der Waals surface area contributed by atoms with Crippen LogP contribution in [0.4, 0.5) is 4.79 Å². The largest absolute Gasteiger partial charge is 0.481 e. The lowest BCUT2D eigenvalue weighted by Crippen LogP contribution is -2.60. The van der Waals surface area contributed by atoms with Gasteiger partial charge in [0.05, 0.1) is 12.5 Å². The third kappa shape index (κ3) is 11.3. The Bertz CT molecular complexity index is 1600. The molecule has 0 unspecified atom stereocenters. The normalized spacial score (nSPS) is 17.1. The Balaban J connectivity index is 1.76. The van der Waals surface area contributed by atoms with E-state index in [0.717, 1.165) is 12.3 Å². The van der Waals surface area contributed by atoms with Gasteiger partial charge in [-0.25, -0.2) is 18.3 Å². The zero-order chi connectivity index (χ0) is 35.6. The molecule has 1 aromatic carbocycles. The second-order valence-corrected chi connectivity index (χ2v) is 14.9. The molecule has 0 spiro atoms. The van der Waals surface area contributed by atoms with Gasteiger partial charge >= 0.3 is 12.1 Å². The molecular weight excluding hydrogens is 672 g/mol. The van der Waals surface area contributed by atoms with Gasteiger partial charge in [0, 0.05) is 19.2 Å². The molecule has 4 atom stereocenters. The standard InChI is InChI=1S/C29H39ClN8O9S/c1-29(2,3)24(33-25(41)19(15-23(39)40)32-28(44)47-16-17-9-6-5-7-10-17)27(43)38-12-8-11-20(38)26(42)31-18(13-21(30)48(4,45)46)14-22-34-36-37-35-22/h5-7,9-10,13,18-20,24H,8,11-12,14-16H2,1-4H3,(H,31,42)(H,32,44)(H,33,41)(H,39,40)(H,34,35,36,37)/b21-13+/t18-,19+,20-,24-/m1/s1. The number of ether oxygens (including phenoxy) is 1. The van der Waals surface area contributed by atoms with Crippen molar-refractivity contribution in [3.05, 3.63) is 52.2 Å². The number of carboxylic acid groups (broad SMARTS) is 1. The number of aliphatic carboxylic acids is 1. The number of hydrogen-bond donors (Lipinski definition) is 5. The first-order valence-corrected chi connectivity index (χ1v) is 17.1. The maximum Gasteiger partial charge on any atom is 0.408 e. The average molecular weight is 711 g/mol. The maximum atomic E-state index is 14.0. The van der Waals surface area contributed by atoms with E-state index in [-0.39, 0.29) is 31.8 Å². The number of H-pyrrole nitrogens is 1. The molecule has 0 bridgehead atoms. The summed E-state index contributed by atoms with van der Waals surface area (Å²) in [6.45, 7) is 5.07. The molecule has 1 saturated heterocycles. The molecule has 0 aliphatic carbocycles. The molecular formula is C29H39ClN8O9S. The summed E-state index contributed by atoms with van der Waals surface area (Å²) >= 11 is 5.97. The molecule has 17 nitrogen and oxygen atoms in total. The molecule has 0 radical (unpaired) electrons. The fourth-order valence-corrected chi connectivity index (χ4v) is 5.40. The predicted molar refractivity (Wildman–Crippen MR) is 171 cm³/mol. The van der Waals surface area contributed by atoms with Gasteiger partial charge in [0.25, 0.3) is 0 Å². The number of nitrogens with one attached hydrogen (secondary N) is 4. The van der Waals surface area contributed by atoms with E-state index in [1.807, 2.05) is 0 Å². The van der Waals surface area contributed by atoms with Gasteiger partial charge < -0.3 is 30.7 Å². The Morgan fingerprint density at radius 3 is 2.42 bits per heavy atom. The van der Waals surface area contributed by atoms with Crippen molar-refractivity contribution in [2.75, 3.05) is 12.8 Å². The van der Waals surface area contributed by atoms with Crippen molar-refractivity contribution in [1.29, 1.82) is 0 Å². The molecule has 1 fully saturated rings. The second kappa shape index (κ2) is 16.5. The molecule has 1 aliphatic heterocycles. The van der Waals surface area contributed by atoms with Gasteiger partial charge in [-0.3, -0.25) is 19.2 Å². The van der Waals surface area contributed by atoms with Gasteiger partial charge in [0.2, 0.25) is 17.7 Å². The van der Waals surface area contributed by atoms with Crippen molar-refractivity contribution in [3.63, 3.8) is 0 Å². The average Bonchev–Trinajstić information content (AvgIpc) is 3.70. The summed E-state index contributed by atoms with van der Waals surface area (Å²) in [5, 5.41) is 30.2. The van der Waals surface area contributed by atoms with Crippen molar-refractivity contribution < 1.29 is 42.2 Å². The number of aromatic amines is 1. The quantitative estimate of drug-likeness (QED) is 0.181. The number of likely N-dealkylation sites (tertiary alicyclic amines) is 1. The SMILES string of the molecule is CC(C)(C)[C@H](NC(=O)[C@H](CC(=O)O)NC(=O)OCc1ccccc1)C(=O)N1CCC[C@@H]1C(=O)N[C@H](/C=C(\Cl)S(C)(=O)=O)Cc1nnn[nH]1. The van der Waals surface area contributed by atoms with Crippen LogP contribution in [0.2, 0.25) is 0 Å². The third-order valence-corrected chi connectivity index (χ3v) is 9.07. The molecule has 48 heavy (non-hydrogen) atoms. The lowest BCUT2D eigenvalue weighted by molar-refractivity contribution is -0.145. The van der Waals surface area contributed by atoms with Crippen molar-refractivity contribution in [1.82, 2.24) is 41.5 Å². The summed E-state index contributed by atoms with van der Waals surface area (Å²) in [6.07, 6.45) is 0.881. The Morgan fingerprint density at radius 1 is 1.15 bits per heavy atom. The second-order valence-electron chi connectivity index (χ2n) is 12.3. The lowest BCUT2D eigenvalue weighted by atomic mass is 9.85. The Labute approximate surface area is 282 Å². The van der Waals surface area contributed by atoms with Crippen LogP contribution in [0, 0.1) is 5.41 Å². The molecule has 1 aliphatic rings. The van der Waals surface area contributed by atoms with Crippen LogP contribution in [-0.4, -0.2) is 106 Å². The van der Waals surface area contributed by atoms with Crippen LogP contribution in [0.25, 0.3) is 0 Å². The van der Waals surface area contributed by atoms with E-state index in [4.69, 9.17) is 16.3 Å². The van der Waals surface area contributed by atoms with Crippen LogP contribution >= 0.6 is 11.6 Å². The molecule has 1 aromatic heterocycles. The van der Waals surface area contributed by atoms with Gasteiger partial charge in [0.15, 0.2) is 15.7 Å². The number of carbonyl (C=O) groups is 5. The number of amides is 4. The number of halogens is 1. The number of nitrogens with zero attached hydrogens (tertiary/aromatic N) is 4. The fourth-order valence-electron chi connectivity index (χ4n) is 4.84. The highest BCUT2D eigenvalue weighted by Gasteiger charge is 2.43. The van der Waals surface area contributed by atoms with E-state index >= 15 is 0 Å². The van der Waals surface area contributed by atoms with Gasteiger partial charge in [-0.05, 0) is 40.3 Å². The predicted octanol–water partition coefficient (Wildman–Crippen LogP) is 0.643. The van der Waals surface area contributed by atoms with E-state index in [1.165, 1.54) is 4.90 Å². The minimum absolute atomic E-state index is 0.0441. The first kappa shape index (κ1) is 37.9. The van der Waals surface area contributed by atoms with Crippen LogP contribution in [0.15, 0.2) is 40.8 Å². The number of aromatic nitrogens is 4. The summed E-state index contributed by atoms with van der Waals surface area (Å²) in [5.74, 6) is -3.32. The topological polar surface area (TPSA) is 243 Å². The molecule has 0 saturated carbocycles. The Kier molecular flexibility index (Phi) is 13.0. The zero-order valence-corrected chi connectivity index (χ0v) is 28.4. The van der Waals surface area contributed by atoms with Crippen molar-refractivity contribution in [2.24, 2.45) is 5.41 Å². The number of rotatable bonds is 14. The number of carbonyl (C=O) groups excluding carboxylic acids is 4. The van der Waals surface area contributed by atoms with Crippen LogP contribution in [0.3, 0.4) is 0 Å². The van der Waals surface area contributed by atoms with Gasteiger partial charge in [-0.1, -0.05) is 62.7 Å². The van der Waals surface area contributed by atoms with E-state index in [1.54, 1.807) is 51.1 Å². The maximum absolute atomic E-state index is 14.0. The van der Waals surface area contributed by atoms with Crippen molar-refractivity contribution in [2.45, 2.75) is 77.2 Å². The number of carboxylic acids is 1. The first-order valence-electron chi connectivity index (χ1n) is 14.9. The van der Waals surface area contributed by atoms with Crippen molar-refractivity contribution >= 4 is 51.2 Å². The number of alkyl carbamates (subject to hydrolysis) is 1. The molecule has 262 valence electrons. The van der Waals surface area contributed by atoms with Gasteiger partial charge in [-0.15, -0.1) is 5.10 Å². The summed E-state index contributed by atoms with van der Waals surface area (Å²) in [6, 6.07) is 3.91. The minimum Gasteiger partial charge on any atom is -0.481 e. The Hall–Kier alpha value is -4.58. The minimum atomic E-state index is -3.80. The highest BCUT2D eigenvalue weighted by Crippen LogP contribution is 2.26. The number of sulfone groups is 1. The van der Waals surface area contributed by atoms with Crippen molar-refractivity contribution in [3.8, 4) is 0 Å². The molecule has 19 heteroatoms. The van der Waals surface area contributed by atoms with Crippen LogP contribution in [-0.2, 0) is 46.8 Å². The highest BCUT2D eigenvalue weighted by molar-refractivity contribution is 7.96. The van der Waals surface area contributed by atoms with E-state index < -0.39 is 80.0 Å². The number of hydrogen-bond acceptors (Lipinski definition) is 11. The molecule has 2 aromatic rings. The molecule has 2 heterocycles. The molecule has 4 amide bonds. The molecule has 3 rings (SSSR count). The number of benzene rings is 1. The monoisotopic (exact) mass is 710 g/mol. The summed E-state index contributed by atoms with van der Waals surface area (Å²) in [4.78, 5) is 66.3. The van der Waals surface area contributed by atoms with Gasteiger partial charge in [0.1, 0.15) is 29.1 Å². The first-order chi connectivity index (χ1) is 22.5. The fraction of sp³-hybridized carbons (Fsp3) is 0.517. The summed E-state index contributed by atoms with van der Waals surface area (Å²) in [7, 11) is -3.80. The Morgan fingerprint density at radius 2 is 1.83 bits per heavy atom. The molecule has 5 N–H and O–H groups in total. The smallest absolute Gasteiger partial charge is 0.408 e. The highest BCUT2D eigenvalue weighted by atomic mass is 35.5. The third-order valence-electron chi connectivity index (χ3n) is 7.25. The summed E-state index contributed by atoms with van der Waals surface area (Å²) in [5.41, 5.74) is -0.254. The van der Waals surface area contributed by atoms with Crippen LogP contribution in [0.5, 0.6) is 0 Å². The zero-order valence-electron chi connectivity index (χ0n) is 26.8. The van der Waals surface area contributed by atoms with E-state index in [9.17, 15) is 37.5 Å². The lowest BCUT2D eigenvalue weighted by Gasteiger charge is -2.36. The summed E-state index contributed by atoms with van der Waals surface area (Å²) < 4.78 is 28.5. The van der Waals surface area contributed by atoms with Crippen LogP contribution in [0.1, 0.15) is 51.4 Å². The number of tetrazole rings is 1. The van der Waals surface area contributed by atoms with Gasteiger partial charge in [-0.2, -0.15) is 0 Å². The van der Waals surface area contributed by atoms with E-state index in [0.29, 0.717) is 12.0 Å². The van der Waals surface area contributed by atoms with Crippen LogP contribution < -0.4 is 16.0 Å².